The number of nitrogens with one attached hydrogen (secondary N) is 1. The van der Waals surface area contributed by atoms with Crippen LogP contribution in [-0.4, -0.2) is 32.7 Å². The van der Waals surface area contributed by atoms with Gasteiger partial charge in [-0.05, 0) is 60.4 Å². The molecule has 0 radical (unpaired) electrons. The average Bonchev–Trinajstić information content (AvgIpc) is 3.22. The Morgan fingerprint density at radius 1 is 1.26 bits per heavy atom. The average molecular weight is 497 g/mol. The lowest BCUT2D eigenvalue weighted by Gasteiger charge is -2.36. The van der Waals surface area contributed by atoms with Crippen LogP contribution in [0.3, 0.4) is 0 Å². The van der Waals surface area contributed by atoms with Crippen molar-refractivity contribution in [2.24, 2.45) is 5.73 Å². The molecule has 0 fully saturated rings. The summed E-state index contributed by atoms with van der Waals surface area (Å²) in [6.45, 7) is 1.31. The van der Waals surface area contributed by atoms with E-state index in [4.69, 9.17) is 17.3 Å². The Morgan fingerprint density at radius 3 is 2.69 bits per heavy atom. The molecule has 4 N–H and O–H groups in total. The van der Waals surface area contributed by atoms with Gasteiger partial charge in [-0.1, -0.05) is 17.7 Å². The summed E-state index contributed by atoms with van der Waals surface area (Å²) in [5.41, 5.74) is 7.09. The number of carbonyl (C=O) groups is 3. The summed E-state index contributed by atoms with van der Waals surface area (Å²) < 4.78 is 14.7. The number of amides is 3. The molecule has 3 amide bonds. The number of nitrogens with zero attached hydrogens (tertiary/aromatic N) is 2. The van der Waals surface area contributed by atoms with Gasteiger partial charge in [0.2, 0.25) is 11.8 Å². The van der Waals surface area contributed by atoms with E-state index in [0.29, 0.717) is 29.5 Å². The molecule has 0 saturated carbocycles. The van der Waals surface area contributed by atoms with Gasteiger partial charge in [-0.15, -0.1) is 0 Å². The van der Waals surface area contributed by atoms with Crippen molar-refractivity contribution in [3.8, 4) is 5.75 Å². The number of fused-ring (bicyclic) bond motifs is 1. The Morgan fingerprint density at radius 2 is 2.03 bits per heavy atom. The van der Waals surface area contributed by atoms with Gasteiger partial charge in [0.1, 0.15) is 17.6 Å². The molecular weight excluding hydrogens is 475 g/mol. The third-order valence-electron chi connectivity index (χ3n) is 5.89. The number of hydrogen-bond acceptors (Lipinski definition) is 5. The van der Waals surface area contributed by atoms with Crippen LogP contribution in [0, 0.1) is 5.82 Å². The highest BCUT2D eigenvalue weighted by Gasteiger charge is 2.41. The number of pyridine rings is 1. The summed E-state index contributed by atoms with van der Waals surface area (Å²) in [5.74, 6) is -2.81. The number of carbonyl (C=O) groups excluding carboxylic acids is 3. The predicted molar refractivity (Wildman–Crippen MR) is 127 cm³/mol. The molecule has 1 aromatic heterocycles. The van der Waals surface area contributed by atoms with Crippen molar-refractivity contribution in [2.75, 3.05) is 5.32 Å². The number of primary amides is 1. The zero-order valence-corrected chi connectivity index (χ0v) is 19.4. The van der Waals surface area contributed by atoms with Crippen LogP contribution in [0.2, 0.25) is 5.02 Å². The van der Waals surface area contributed by atoms with Crippen LogP contribution in [0.15, 0.2) is 54.9 Å². The third kappa shape index (κ3) is 4.81. The fourth-order valence-electron chi connectivity index (χ4n) is 4.48. The van der Waals surface area contributed by atoms with Gasteiger partial charge in [-0.3, -0.25) is 19.4 Å². The maximum absolute atomic E-state index is 14.7. The van der Waals surface area contributed by atoms with E-state index in [1.807, 2.05) is 0 Å². The summed E-state index contributed by atoms with van der Waals surface area (Å²) >= 11 is 6.12. The molecule has 180 valence electrons. The van der Waals surface area contributed by atoms with Crippen molar-refractivity contribution in [1.29, 1.82) is 0 Å². The minimum absolute atomic E-state index is 0.146. The minimum Gasteiger partial charge on any atom is -0.507 e. The number of benzene rings is 2. The van der Waals surface area contributed by atoms with Crippen LogP contribution in [0.5, 0.6) is 5.75 Å². The van der Waals surface area contributed by atoms with Crippen LogP contribution >= 0.6 is 11.6 Å². The van der Waals surface area contributed by atoms with Crippen LogP contribution in [0.1, 0.15) is 52.5 Å². The third-order valence-corrected chi connectivity index (χ3v) is 6.11. The topological polar surface area (TPSA) is 126 Å². The van der Waals surface area contributed by atoms with Crippen LogP contribution < -0.4 is 11.1 Å². The number of halogens is 2. The Bertz CT molecular complexity index is 1320. The second-order valence-electron chi connectivity index (χ2n) is 8.23. The molecule has 1 heterocycles. The molecule has 35 heavy (non-hydrogen) atoms. The predicted octanol–water partition coefficient (Wildman–Crippen LogP) is 3.89. The molecule has 0 bridgehead atoms. The van der Waals surface area contributed by atoms with E-state index >= 15 is 0 Å². The standard InChI is InChI=1S/C25H22ClFN4O4/c1-13(32)30-16-4-7-22(33)19(11-16)25(35)31(23(24(28)34)14-3-2-8-29-12-14)21-6-5-17-18(21)9-15(26)10-20(17)27/h2-4,7-12,21,23,33H,5-6H2,1H3,(H2,28,34)(H,30,32)/t21-,23?/m1/s1. The van der Waals surface area contributed by atoms with Crippen LogP contribution in [0.4, 0.5) is 10.1 Å². The molecular formula is C25H22ClFN4O4. The molecule has 0 saturated heterocycles. The first-order chi connectivity index (χ1) is 16.7. The maximum atomic E-state index is 14.7. The fraction of sp³-hybridized carbons (Fsp3) is 0.200. The van der Waals surface area contributed by atoms with Gasteiger partial charge in [0, 0.05) is 35.6 Å². The van der Waals surface area contributed by atoms with Crippen molar-refractivity contribution in [2.45, 2.75) is 31.8 Å². The van der Waals surface area contributed by atoms with E-state index in [-0.39, 0.29) is 27.9 Å². The summed E-state index contributed by atoms with van der Waals surface area (Å²) in [6, 6.07) is 7.92. The highest BCUT2D eigenvalue weighted by molar-refractivity contribution is 6.30. The van der Waals surface area contributed by atoms with Crippen molar-refractivity contribution in [3.63, 3.8) is 0 Å². The maximum Gasteiger partial charge on any atom is 0.259 e. The molecule has 1 aliphatic rings. The fourth-order valence-corrected chi connectivity index (χ4v) is 4.69. The number of rotatable bonds is 6. The Hall–Kier alpha value is -3.98. The van der Waals surface area contributed by atoms with Gasteiger partial charge in [0.15, 0.2) is 0 Å². The molecule has 8 nitrogen and oxygen atoms in total. The molecule has 1 aliphatic carbocycles. The zero-order chi connectivity index (χ0) is 25.3. The Labute approximate surface area is 205 Å². The number of aromatic hydroxyl groups is 1. The summed E-state index contributed by atoms with van der Waals surface area (Å²) in [7, 11) is 0. The zero-order valence-electron chi connectivity index (χ0n) is 18.7. The SMILES string of the molecule is CC(=O)Nc1ccc(O)c(C(=O)N(C(C(N)=O)c2cccnc2)[C@@H]2CCc3c(F)cc(Cl)cc32)c1. The number of phenolic OH excluding ortho intramolecular Hbond substituents is 1. The van der Waals surface area contributed by atoms with Gasteiger partial charge < -0.3 is 21.1 Å². The first-order valence-corrected chi connectivity index (χ1v) is 11.2. The lowest BCUT2D eigenvalue weighted by molar-refractivity contribution is -0.123. The number of nitrogens with two attached hydrogens (primary N) is 1. The second-order valence-corrected chi connectivity index (χ2v) is 8.66. The van der Waals surface area contributed by atoms with Crippen molar-refractivity contribution >= 4 is 35.0 Å². The smallest absolute Gasteiger partial charge is 0.259 e. The van der Waals surface area contributed by atoms with E-state index in [1.165, 1.54) is 48.5 Å². The number of phenols is 1. The minimum atomic E-state index is -1.28. The molecule has 0 aliphatic heterocycles. The van der Waals surface area contributed by atoms with E-state index in [1.54, 1.807) is 18.2 Å². The molecule has 3 aromatic rings. The van der Waals surface area contributed by atoms with E-state index in [2.05, 4.69) is 10.3 Å². The molecule has 2 atom stereocenters. The first kappa shape index (κ1) is 24.2. The first-order valence-electron chi connectivity index (χ1n) is 10.8. The second kappa shape index (κ2) is 9.71. The quantitative estimate of drug-likeness (QED) is 0.446. The highest BCUT2D eigenvalue weighted by Crippen LogP contribution is 2.43. The normalized spacial score (nSPS) is 15.2. The summed E-state index contributed by atoms with van der Waals surface area (Å²) in [4.78, 5) is 43.5. The van der Waals surface area contributed by atoms with Crippen molar-refractivity contribution in [1.82, 2.24) is 9.88 Å². The summed E-state index contributed by atoms with van der Waals surface area (Å²) in [6.07, 6.45) is 3.53. The molecule has 0 spiro atoms. The number of aromatic nitrogens is 1. The van der Waals surface area contributed by atoms with Crippen LogP contribution in [-0.2, 0) is 16.0 Å². The van der Waals surface area contributed by atoms with Gasteiger partial charge in [-0.2, -0.15) is 0 Å². The lowest BCUT2D eigenvalue weighted by atomic mass is 9.98. The number of anilines is 1. The summed E-state index contributed by atoms with van der Waals surface area (Å²) in [5, 5.41) is 13.2. The molecule has 1 unspecified atom stereocenters. The van der Waals surface area contributed by atoms with Gasteiger partial charge >= 0.3 is 0 Å². The largest absolute Gasteiger partial charge is 0.507 e. The van der Waals surface area contributed by atoms with E-state index < -0.39 is 29.7 Å². The van der Waals surface area contributed by atoms with E-state index in [0.717, 1.165) is 0 Å². The molecule has 10 heteroatoms. The highest BCUT2D eigenvalue weighted by atomic mass is 35.5. The van der Waals surface area contributed by atoms with Crippen LogP contribution in [0.25, 0.3) is 0 Å². The van der Waals surface area contributed by atoms with Gasteiger partial charge in [0.05, 0.1) is 11.6 Å². The molecule has 4 rings (SSSR count). The van der Waals surface area contributed by atoms with Crippen molar-refractivity contribution in [3.05, 3.63) is 88.0 Å². The Kier molecular flexibility index (Phi) is 6.70. The van der Waals surface area contributed by atoms with Gasteiger partial charge in [-0.25, -0.2) is 4.39 Å². The van der Waals surface area contributed by atoms with E-state index in [9.17, 15) is 23.9 Å². The van der Waals surface area contributed by atoms with Crippen molar-refractivity contribution < 1.29 is 23.9 Å². The molecule has 2 aromatic carbocycles. The Balaban J connectivity index is 1.89. The number of hydrogen-bond donors (Lipinski definition) is 3. The van der Waals surface area contributed by atoms with Gasteiger partial charge in [0.25, 0.3) is 5.91 Å². The monoisotopic (exact) mass is 496 g/mol. The lowest BCUT2D eigenvalue weighted by Crippen LogP contribution is -2.43.